The van der Waals surface area contributed by atoms with E-state index in [9.17, 15) is 4.79 Å². The topological polar surface area (TPSA) is 35.5 Å². The first-order valence-electron chi connectivity index (χ1n) is 7.88. The van der Waals surface area contributed by atoms with Crippen LogP contribution < -0.4 is 0 Å². The van der Waals surface area contributed by atoms with E-state index in [0.717, 1.165) is 0 Å². The van der Waals surface area contributed by atoms with Crippen LogP contribution in [0.3, 0.4) is 0 Å². The Bertz CT molecular complexity index is 568. The minimum Gasteiger partial charge on any atom is -0.463 e. The first-order valence-corrected chi connectivity index (χ1v) is 7.88. The molecular formula is C20H24O3. The van der Waals surface area contributed by atoms with Gasteiger partial charge in [-0.25, -0.2) is 0 Å². The number of hydrogen-bond acceptors (Lipinski definition) is 3. The van der Waals surface area contributed by atoms with Crippen LogP contribution in [0.2, 0.25) is 0 Å². The average molecular weight is 312 g/mol. The second kappa shape index (κ2) is 7.93. The minimum atomic E-state index is -0.283. The van der Waals surface area contributed by atoms with Crippen molar-refractivity contribution in [2.24, 2.45) is 0 Å². The summed E-state index contributed by atoms with van der Waals surface area (Å²) in [6.45, 7) is 6.29. The van der Waals surface area contributed by atoms with Crippen LogP contribution in [0.15, 0.2) is 60.7 Å². The van der Waals surface area contributed by atoms with E-state index in [1.165, 1.54) is 18.1 Å². The fraction of sp³-hybridized carbons (Fsp3) is 0.350. The molecule has 1 unspecified atom stereocenters. The van der Waals surface area contributed by atoms with Gasteiger partial charge < -0.3 is 9.47 Å². The largest absolute Gasteiger partial charge is 0.463 e. The van der Waals surface area contributed by atoms with E-state index in [1.807, 2.05) is 43.3 Å². The third-order valence-corrected chi connectivity index (χ3v) is 4.00. The van der Waals surface area contributed by atoms with Crippen LogP contribution in [0, 0.1) is 0 Å². The molecule has 2 aromatic rings. The molecule has 0 N–H and O–H groups in total. The van der Waals surface area contributed by atoms with Crippen molar-refractivity contribution in [3.05, 3.63) is 71.8 Å². The average Bonchev–Trinajstić information content (AvgIpc) is 2.59. The van der Waals surface area contributed by atoms with E-state index < -0.39 is 0 Å². The Labute approximate surface area is 138 Å². The molecule has 0 amide bonds. The molecule has 3 heteroatoms. The molecule has 0 aliphatic rings. The molecule has 0 aliphatic carbocycles. The first-order chi connectivity index (χ1) is 11.0. The fourth-order valence-electron chi connectivity index (χ4n) is 2.54. The van der Waals surface area contributed by atoms with Crippen LogP contribution in [0.25, 0.3) is 0 Å². The molecule has 0 aliphatic heterocycles. The van der Waals surface area contributed by atoms with Crippen molar-refractivity contribution in [3.63, 3.8) is 0 Å². The van der Waals surface area contributed by atoms with Gasteiger partial charge in [-0.05, 0) is 25.0 Å². The number of hydrogen-bond donors (Lipinski definition) is 0. The van der Waals surface area contributed by atoms with E-state index >= 15 is 0 Å². The molecule has 23 heavy (non-hydrogen) atoms. The van der Waals surface area contributed by atoms with E-state index in [0.29, 0.717) is 6.61 Å². The van der Waals surface area contributed by atoms with Gasteiger partial charge in [0.05, 0.1) is 12.7 Å². The van der Waals surface area contributed by atoms with Gasteiger partial charge in [0.15, 0.2) is 0 Å². The van der Waals surface area contributed by atoms with Gasteiger partial charge in [-0.1, -0.05) is 60.7 Å². The van der Waals surface area contributed by atoms with Gasteiger partial charge in [0, 0.05) is 12.3 Å². The zero-order chi connectivity index (χ0) is 16.7. The van der Waals surface area contributed by atoms with Gasteiger partial charge in [-0.15, -0.1) is 0 Å². The third kappa shape index (κ3) is 4.67. The van der Waals surface area contributed by atoms with E-state index in [4.69, 9.17) is 9.47 Å². The Kier molecular flexibility index (Phi) is 5.94. The Balaban J connectivity index is 2.17. The van der Waals surface area contributed by atoms with Crippen LogP contribution in [-0.4, -0.2) is 25.3 Å². The van der Waals surface area contributed by atoms with Crippen molar-refractivity contribution in [3.8, 4) is 0 Å². The summed E-state index contributed by atoms with van der Waals surface area (Å²) in [4.78, 5) is 10.9. The molecule has 0 spiro atoms. The van der Waals surface area contributed by atoms with E-state index in [-0.39, 0.29) is 24.1 Å². The monoisotopic (exact) mass is 312 g/mol. The Hall–Kier alpha value is -2.13. The summed E-state index contributed by atoms with van der Waals surface area (Å²) >= 11 is 0. The molecule has 0 bridgehead atoms. The highest BCUT2D eigenvalue weighted by molar-refractivity contribution is 5.65. The smallest absolute Gasteiger partial charge is 0.302 e. The molecule has 2 aromatic carbocycles. The highest BCUT2D eigenvalue weighted by Gasteiger charge is 2.29. The maximum atomic E-state index is 10.9. The van der Waals surface area contributed by atoms with Crippen molar-refractivity contribution in [2.75, 3.05) is 13.2 Å². The van der Waals surface area contributed by atoms with Gasteiger partial charge in [0.2, 0.25) is 0 Å². The standard InChI is InChI=1S/C20H24O3/c1-16(14-22-17(2)21)23-15-20(3,18-10-6-4-7-11-18)19-12-8-5-9-13-19/h4-13,16H,14-15H2,1-3H3. The lowest BCUT2D eigenvalue weighted by Gasteiger charge is -2.32. The summed E-state index contributed by atoms with van der Waals surface area (Å²) in [5.41, 5.74) is 2.14. The molecule has 0 saturated heterocycles. The lowest BCUT2D eigenvalue weighted by atomic mass is 9.77. The SMILES string of the molecule is CC(=O)OCC(C)OCC(C)(c1ccccc1)c1ccccc1. The van der Waals surface area contributed by atoms with E-state index in [1.54, 1.807) is 0 Å². The number of carbonyl (C=O) groups excluding carboxylic acids is 1. The number of ether oxygens (including phenoxy) is 2. The predicted molar refractivity (Wildman–Crippen MR) is 91.4 cm³/mol. The summed E-state index contributed by atoms with van der Waals surface area (Å²) in [6.07, 6.45) is -0.148. The number of esters is 1. The van der Waals surface area contributed by atoms with Crippen molar-refractivity contribution >= 4 is 5.97 Å². The van der Waals surface area contributed by atoms with Crippen LogP contribution in [0.4, 0.5) is 0 Å². The number of rotatable bonds is 7. The summed E-state index contributed by atoms with van der Waals surface area (Å²) in [7, 11) is 0. The Morgan fingerprint density at radius 2 is 1.48 bits per heavy atom. The highest BCUT2D eigenvalue weighted by atomic mass is 16.6. The predicted octanol–water partition coefficient (Wildman–Crippen LogP) is 3.96. The maximum absolute atomic E-state index is 10.9. The van der Waals surface area contributed by atoms with Gasteiger partial charge in [0.25, 0.3) is 0 Å². The number of carbonyl (C=O) groups is 1. The quantitative estimate of drug-likeness (QED) is 0.726. The highest BCUT2D eigenvalue weighted by Crippen LogP contribution is 2.32. The van der Waals surface area contributed by atoms with Gasteiger partial charge in [-0.3, -0.25) is 4.79 Å². The molecule has 1 atom stereocenters. The molecule has 122 valence electrons. The first kappa shape index (κ1) is 17.2. The van der Waals surface area contributed by atoms with Crippen molar-refractivity contribution in [2.45, 2.75) is 32.3 Å². The summed E-state index contributed by atoms with van der Waals surface area (Å²) < 4.78 is 11.0. The minimum absolute atomic E-state index is 0.148. The van der Waals surface area contributed by atoms with Crippen LogP contribution in [0.1, 0.15) is 31.9 Å². The molecule has 2 rings (SSSR count). The van der Waals surface area contributed by atoms with Crippen molar-refractivity contribution in [1.82, 2.24) is 0 Å². The van der Waals surface area contributed by atoms with Crippen molar-refractivity contribution in [1.29, 1.82) is 0 Å². The fourth-order valence-corrected chi connectivity index (χ4v) is 2.54. The number of benzene rings is 2. The van der Waals surface area contributed by atoms with E-state index in [2.05, 4.69) is 31.2 Å². The molecular weight excluding hydrogens is 288 g/mol. The van der Waals surface area contributed by atoms with Gasteiger partial charge in [-0.2, -0.15) is 0 Å². The zero-order valence-corrected chi connectivity index (χ0v) is 14.0. The normalized spacial score (nSPS) is 12.7. The Morgan fingerprint density at radius 3 is 1.91 bits per heavy atom. The molecule has 0 heterocycles. The van der Waals surface area contributed by atoms with Gasteiger partial charge >= 0.3 is 5.97 Å². The lowest BCUT2D eigenvalue weighted by molar-refractivity contribution is -0.145. The summed E-state index contributed by atoms with van der Waals surface area (Å²) in [5.74, 6) is -0.283. The van der Waals surface area contributed by atoms with Gasteiger partial charge in [0.1, 0.15) is 6.61 Å². The molecule has 0 fully saturated rings. The molecule has 0 radical (unpaired) electrons. The summed E-state index contributed by atoms with van der Waals surface area (Å²) in [5, 5.41) is 0. The van der Waals surface area contributed by atoms with Crippen LogP contribution in [0.5, 0.6) is 0 Å². The zero-order valence-electron chi connectivity index (χ0n) is 14.0. The molecule has 3 nitrogen and oxygen atoms in total. The van der Waals surface area contributed by atoms with Crippen molar-refractivity contribution < 1.29 is 14.3 Å². The van der Waals surface area contributed by atoms with Crippen LogP contribution in [-0.2, 0) is 19.7 Å². The molecule has 0 aromatic heterocycles. The second-order valence-electron chi connectivity index (χ2n) is 5.99. The second-order valence-corrected chi connectivity index (χ2v) is 5.99. The lowest BCUT2D eigenvalue weighted by Crippen LogP contribution is -2.33. The Morgan fingerprint density at radius 1 is 1.00 bits per heavy atom. The maximum Gasteiger partial charge on any atom is 0.302 e. The van der Waals surface area contributed by atoms with Crippen LogP contribution >= 0.6 is 0 Å². The third-order valence-electron chi connectivity index (χ3n) is 4.00. The summed E-state index contributed by atoms with van der Waals surface area (Å²) in [6, 6.07) is 20.7. The molecule has 0 saturated carbocycles.